The van der Waals surface area contributed by atoms with Crippen LogP contribution in [0.15, 0.2) is 30.7 Å². The number of rotatable bonds is 8. The molecule has 1 unspecified atom stereocenters. The monoisotopic (exact) mass is 352 g/mol. The van der Waals surface area contributed by atoms with E-state index in [1.54, 1.807) is 0 Å². The van der Waals surface area contributed by atoms with Crippen molar-refractivity contribution in [1.82, 2.24) is 19.7 Å². The molecule has 0 radical (unpaired) electrons. The third kappa shape index (κ3) is 3.84. The molecule has 1 atom stereocenters. The molecule has 5 heteroatoms. The van der Waals surface area contributed by atoms with Crippen molar-refractivity contribution < 1.29 is 4.74 Å². The molecule has 3 aliphatic rings. The summed E-state index contributed by atoms with van der Waals surface area (Å²) in [5.41, 5.74) is 4.11. The van der Waals surface area contributed by atoms with Crippen molar-refractivity contribution in [3.63, 3.8) is 0 Å². The first kappa shape index (κ1) is 16.5. The zero-order valence-corrected chi connectivity index (χ0v) is 15.4. The topological polar surface area (TPSA) is 43.2 Å². The van der Waals surface area contributed by atoms with Gasteiger partial charge in [0.15, 0.2) is 0 Å². The Morgan fingerprint density at radius 1 is 1.08 bits per heavy atom. The molecule has 0 N–H and O–H groups in total. The molecule has 2 aliphatic carbocycles. The van der Waals surface area contributed by atoms with E-state index in [9.17, 15) is 0 Å². The third-order valence-electron chi connectivity index (χ3n) is 5.85. The van der Waals surface area contributed by atoms with Gasteiger partial charge in [-0.3, -0.25) is 14.6 Å². The molecular formula is C21H28N4O. The van der Waals surface area contributed by atoms with Crippen LogP contribution in [0.5, 0.6) is 0 Å². The van der Waals surface area contributed by atoms with Gasteiger partial charge in [0.25, 0.3) is 0 Å². The highest BCUT2D eigenvalue weighted by Crippen LogP contribution is 2.35. The van der Waals surface area contributed by atoms with Crippen LogP contribution in [0.1, 0.15) is 48.4 Å². The summed E-state index contributed by atoms with van der Waals surface area (Å²) in [6.45, 7) is 5.82. The van der Waals surface area contributed by atoms with Gasteiger partial charge in [0.05, 0.1) is 12.8 Å². The summed E-state index contributed by atoms with van der Waals surface area (Å²) in [5.74, 6) is 2.09. The maximum absolute atomic E-state index is 6.12. The van der Waals surface area contributed by atoms with Crippen LogP contribution in [-0.4, -0.2) is 39.4 Å². The van der Waals surface area contributed by atoms with Gasteiger partial charge in [-0.05, 0) is 49.1 Å². The van der Waals surface area contributed by atoms with Gasteiger partial charge < -0.3 is 4.74 Å². The van der Waals surface area contributed by atoms with Crippen LogP contribution in [-0.2, 0) is 24.4 Å². The summed E-state index contributed by atoms with van der Waals surface area (Å²) in [6, 6.07) is 4.19. The highest BCUT2D eigenvalue weighted by molar-refractivity contribution is 5.26. The van der Waals surface area contributed by atoms with Crippen molar-refractivity contribution in [3.8, 4) is 0 Å². The van der Waals surface area contributed by atoms with E-state index in [1.807, 2.05) is 18.5 Å². The SMILES string of the molecule is c1cncc(CN2Cc3cnn(CC4CC4)c3C(COCC3CC3)C2)c1. The average molecular weight is 352 g/mol. The van der Waals surface area contributed by atoms with E-state index in [-0.39, 0.29) is 0 Å². The maximum Gasteiger partial charge on any atom is 0.0562 e. The van der Waals surface area contributed by atoms with E-state index in [2.05, 4.69) is 26.8 Å². The zero-order chi connectivity index (χ0) is 17.3. The Hall–Kier alpha value is -1.72. The molecule has 0 amide bonds. The van der Waals surface area contributed by atoms with Crippen molar-refractivity contribution in [2.45, 2.75) is 51.2 Å². The molecule has 26 heavy (non-hydrogen) atoms. The van der Waals surface area contributed by atoms with Crippen LogP contribution in [0.25, 0.3) is 0 Å². The van der Waals surface area contributed by atoms with Crippen molar-refractivity contribution in [3.05, 3.63) is 47.5 Å². The lowest BCUT2D eigenvalue weighted by molar-refractivity contribution is 0.0864. The fourth-order valence-corrected chi connectivity index (χ4v) is 4.09. The first-order valence-electron chi connectivity index (χ1n) is 10.1. The second kappa shape index (κ2) is 7.12. The molecule has 0 aromatic carbocycles. The highest BCUT2D eigenvalue weighted by atomic mass is 16.5. The minimum Gasteiger partial charge on any atom is -0.380 e. The van der Waals surface area contributed by atoms with Crippen molar-refractivity contribution in [1.29, 1.82) is 0 Å². The van der Waals surface area contributed by atoms with Gasteiger partial charge in [-0.2, -0.15) is 5.10 Å². The molecule has 2 aromatic heterocycles. The number of pyridine rings is 1. The predicted octanol–water partition coefficient (Wildman–Crippen LogP) is 3.21. The molecule has 3 heterocycles. The van der Waals surface area contributed by atoms with Gasteiger partial charge in [0, 0.05) is 62.4 Å². The predicted molar refractivity (Wildman–Crippen MR) is 99.6 cm³/mol. The van der Waals surface area contributed by atoms with E-state index in [0.29, 0.717) is 5.92 Å². The van der Waals surface area contributed by atoms with Crippen LogP contribution < -0.4 is 0 Å². The molecule has 0 bridgehead atoms. The molecular weight excluding hydrogens is 324 g/mol. The lowest BCUT2D eigenvalue weighted by Gasteiger charge is -2.33. The fraction of sp³-hybridized carbons (Fsp3) is 0.619. The molecule has 5 rings (SSSR count). The summed E-state index contributed by atoms with van der Waals surface area (Å²) in [7, 11) is 0. The largest absolute Gasteiger partial charge is 0.380 e. The van der Waals surface area contributed by atoms with Crippen LogP contribution in [0.4, 0.5) is 0 Å². The molecule has 2 saturated carbocycles. The Bertz CT molecular complexity index is 736. The van der Waals surface area contributed by atoms with Crippen molar-refractivity contribution >= 4 is 0 Å². The summed E-state index contributed by atoms with van der Waals surface area (Å²) in [5, 5.41) is 4.75. The number of fused-ring (bicyclic) bond motifs is 1. The Balaban J connectivity index is 1.32. The number of aromatic nitrogens is 3. The number of ether oxygens (including phenoxy) is 1. The van der Waals surface area contributed by atoms with Gasteiger partial charge in [0.1, 0.15) is 0 Å². The number of nitrogens with zero attached hydrogens (tertiary/aromatic N) is 4. The van der Waals surface area contributed by atoms with Gasteiger partial charge in [0.2, 0.25) is 0 Å². The second-order valence-electron chi connectivity index (χ2n) is 8.39. The molecule has 1 aliphatic heterocycles. The van der Waals surface area contributed by atoms with Gasteiger partial charge in [-0.25, -0.2) is 0 Å². The third-order valence-corrected chi connectivity index (χ3v) is 5.85. The Labute approximate surface area is 155 Å². The Kier molecular flexibility index (Phi) is 4.51. The number of hydrogen-bond acceptors (Lipinski definition) is 4. The first-order valence-corrected chi connectivity index (χ1v) is 10.1. The number of hydrogen-bond donors (Lipinski definition) is 0. The Morgan fingerprint density at radius 2 is 1.96 bits per heavy atom. The van der Waals surface area contributed by atoms with Crippen molar-refractivity contribution in [2.24, 2.45) is 11.8 Å². The van der Waals surface area contributed by atoms with E-state index >= 15 is 0 Å². The summed E-state index contributed by atoms with van der Waals surface area (Å²) >= 11 is 0. The van der Waals surface area contributed by atoms with E-state index in [1.165, 1.54) is 42.5 Å². The smallest absolute Gasteiger partial charge is 0.0562 e. The normalized spacial score (nSPS) is 23.2. The molecule has 0 spiro atoms. The standard InChI is InChI=1S/C21H28N4O/c1-2-18(8-22-7-1)10-24-12-19-9-23-25(11-16-3-4-16)21(19)20(13-24)15-26-14-17-5-6-17/h1-2,7-9,16-17,20H,3-6,10-15H2. The lowest BCUT2D eigenvalue weighted by Crippen LogP contribution is -2.36. The minimum absolute atomic E-state index is 0.426. The lowest BCUT2D eigenvalue weighted by atomic mass is 9.96. The van der Waals surface area contributed by atoms with Gasteiger partial charge >= 0.3 is 0 Å². The van der Waals surface area contributed by atoms with Gasteiger partial charge in [-0.15, -0.1) is 0 Å². The summed E-state index contributed by atoms with van der Waals surface area (Å²) in [4.78, 5) is 6.79. The highest BCUT2D eigenvalue weighted by Gasteiger charge is 2.32. The zero-order valence-electron chi connectivity index (χ0n) is 15.4. The maximum atomic E-state index is 6.12. The fourth-order valence-electron chi connectivity index (χ4n) is 4.09. The minimum atomic E-state index is 0.426. The van der Waals surface area contributed by atoms with Crippen LogP contribution >= 0.6 is 0 Å². The van der Waals surface area contributed by atoms with Gasteiger partial charge in [-0.1, -0.05) is 6.07 Å². The summed E-state index contributed by atoms with van der Waals surface area (Å²) < 4.78 is 8.41. The van der Waals surface area contributed by atoms with E-state index in [4.69, 9.17) is 9.84 Å². The average Bonchev–Trinajstić information content (AvgIpc) is 3.57. The van der Waals surface area contributed by atoms with Crippen LogP contribution in [0.2, 0.25) is 0 Å². The van der Waals surface area contributed by atoms with Crippen LogP contribution in [0, 0.1) is 11.8 Å². The Morgan fingerprint density at radius 3 is 2.73 bits per heavy atom. The van der Waals surface area contributed by atoms with Crippen molar-refractivity contribution in [2.75, 3.05) is 19.8 Å². The molecule has 5 nitrogen and oxygen atoms in total. The molecule has 2 fully saturated rings. The summed E-state index contributed by atoms with van der Waals surface area (Å²) in [6.07, 6.45) is 11.3. The van der Waals surface area contributed by atoms with Crippen LogP contribution in [0.3, 0.4) is 0 Å². The second-order valence-corrected chi connectivity index (χ2v) is 8.39. The molecule has 138 valence electrons. The van der Waals surface area contributed by atoms with E-state index in [0.717, 1.165) is 51.2 Å². The quantitative estimate of drug-likeness (QED) is 0.732. The molecule has 0 saturated heterocycles. The molecule has 2 aromatic rings. The first-order chi connectivity index (χ1) is 12.8. The van der Waals surface area contributed by atoms with E-state index < -0.39 is 0 Å².